The molecule has 1 aromatic rings. The average Bonchev–Trinajstić information content (AvgIpc) is 2.49. The number of nitrogens with one attached hydrogen (secondary N) is 1. The first kappa shape index (κ1) is 17.4. The van der Waals surface area contributed by atoms with Crippen LogP contribution in [0.5, 0.6) is 0 Å². The van der Waals surface area contributed by atoms with Crippen LogP contribution in [-0.2, 0) is 9.53 Å². The van der Waals surface area contributed by atoms with E-state index in [-0.39, 0.29) is 18.0 Å². The van der Waals surface area contributed by atoms with Crippen molar-refractivity contribution in [2.75, 3.05) is 45.1 Å². The molecule has 126 valence electrons. The Balaban J connectivity index is 1.83. The largest absolute Gasteiger partial charge is 0.459 e. The molecule has 1 aromatic carbocycles. The van der Waals surface area contributed by atoms with Crippen molar-refractivity contribution in [2.24, 2.45) is 0 Å². The minimum Gasteiger partial charge on any atom is -0.459 e. The molecule has 0 unspecified atom stereocenters. The van der Waals surface area contributed by atoms with Gasteiger partial charge >= 0.3 is 5.97 Å². The number of hydrogen-bond acceptors (Lipinski definition) is 5. The molecule has 1 aliphatic rings. The van der Waals surface area contributed by atoms with Gasteiger partial charge in [0.15, 0.2) is 0 Å². The van der Waals surface area contributed by atoms with Gasteiger partial charge < -0.3 is 15.0 Å². The van der Waals surface area contributed by atoms with Crippen LogP contribution < -0.4 is 5.32 Å². The van der Waals surface area contributed by atoms with Crippen molar-refractivity contribution in [1.29, 1.82) is 0 Å². The van der Waals surface area contributed by atoms with Crippen molar-refractivity contribution in [3.63, 3.8) is 0 Å². The van der Waals surface area contributed by atoms with E-state index in [1.54, 1.807) is 24.3 Å². The van der Waals surface area contributed by atoms with Crippen molar-refractivity contribution in [3.8, 4) is 0 Å². The van der Waals surface area contributed by atoms with Gasteiger partial charge in [-0.25, -0.2) is 4.79 Å². The van der Waals surface area contributed by atoms with Crippen LogP contribution in [0.15, 0.2) is 24.3 Å². The topological polar surface area (TPSA) is 61.9 Å². The molecule has 0 aliphatic carbocycles. The highest BCUT2D eigenvalue weighted by atomic mass is 16.5. The van der Waals surface area contributed by atoms with Crippen LogP contribution in [0.25, 0.3) is 0 Å². The molecule has 1 heterocycles. The minimum absolute atomic E-state index is 0.0351. The third-order valence-electron chi connectivity index (χ3n) is 3.71. The Morgan fingerprint density at radius 1 is 1.13 bits per heavy atom. The first-order chi connectivity index (χ1) is 10.9. The van der Waals surface area contributed by atoms with Crippen molar-refractivity contribution < 1.29 is 14.3 Å². The number of amides is 1. The number of carbonyl (C=O) groups is 2. The maximum absolute atomic E-state index is 12.1. The molecule has 2 rings (SSSR count). The van der Waals surface area contributed by atoms with E-state index in [4.69, 9.17) is 4.74 Å². The summed E-state index contributed by atoms with van der Waals surface area (Å²) in [5.41, 5.74) is 1.17. The molecule has 23 heavy (non-hydrogen) atoms. The Labute approximate surface area is 137 Å². The fourth-order valence-electron chi connectivity index (χ4n) is 2.38. The maximum atomic E-state index is 12.1. The Hall–Kier alpha value is -1.92. The molecular formula is C17H25N3O3. The van der Waals surface area contributed by atoms with Gasteiger partial charge in [-0.3, -0.25) is 9.69 Å². The van der Waals surface area contributed by atoms with Crippen molar-refractivity contribution >= 4 is 17.6 Å². The summed E-state index contributed by atoms with van der Waals surface area (Å²) in [5, 5.41) is 2.86. The second kappa shape index (κ2) is 8.08. The smallest absolute Gasteiger partial charge is 0.338 e. The zero-order valence-corrected chi connectivity index (χ0v) is 14.0. The molecular weight excluding hydrogens is 294 g/mol. The number of piperazine rings is 1. The van der Waals surface area contributed by atoms with Gasteiger partial charge in [0.05, 0.1) is 18.2 Å². The summed E-state index contributed by atoms with van der Waals surface area (Å²) in [6, 6.07) is 6.77. The van der Waals surface area contributed by atoms with Gasteiger partial charge in [0, 0.05) is 31.9 Å². The molecule has 1 amide bonds. The van der Waals surface area contributed by atoms with E-state index in [1.807, 2.05) is 13.8 Å². The van der Waals surface area contributed by atoms with E-state index >= 15 is 0 Å². The first-order valence-corrected chi connectivity index (χ1v) is 7.96. The molecule has 0 spiro atoms. The molecule has 0 aromatic heterocycles. The summed E-state index contributed by atoms with van der Waals surface area (Å²) < 4.78 is 5.13. The molecule has 0 atom stereocenters. The summed E-state index contributed by atoms with van der Waals surface area (Å²) in [7, 11) is 2.09. The van der Waals surface area contributed by atoms with Crippen LogP contribution in [0.4, 0.5) is 5.69 Å². The number of anilines is 1. The molecule has 6 nitrogen and oxygen atoms in total. The minimum atomic E-state index is -0.352. The lowest BCUT2D eigenvalue weighted by atomic mass is 10.2. The second-order valence-electron chi connectivity index (χ2n) is 6.16. The maximum Gasteiger partial charge on any atom is 0.338 e. The van der Waals surface area contributed by atoms with E-state index < -0.39 is 0 Å². The standard InChI is InChI=1S/C17H25N3O3/c1-13(2)23-17(22)14-4-6-15(7-5-14)18-16(21)12-20-10-8-19(3)9-11-20/h4-7,13H,8-12H2,1-3H3,(H,18,21). The van der Waals surface area contributed by atoms with Crippen LogP contribution in [0, 0.1) is 0 Å². The number of rotatable bonds is 5. The van der Waals surface area contributed by atoms with Crippen LogP contribution in [-0.4, -0.2) is 67.6 Å². The van der Waals surface area contributed by atoms with E-state index in [0.717, 1.165) is 26.2 Å². The first-order valence-electron chi connectivity index (χ1n) is 7.96. The summed E-state index contributed by atoms with van der Waals surface area (Å²) in [4.78, 5) is 28.2. The predicted molar refractivity (Wildman–Crippen MR) is 89.6 cm³/mol. The predicted octanol–water partition coefficient (Wildman–Crippen LogP) is 1.44. The summed E-state index contributed by atoms with van der Waals surface area (Å²) in [5.74, 6) is -0.387. The Morgan fingerprint density at radius 2 is 1.74 bits per heavy atom. The highest BCUT2D eigenvalue weighted by Crippen LogP contribution is 2.11. The van der Waals surface area contributed by atoms with E-state index in [2.05, 4.69) is 22.2 Å². The molecule has 1 fully saturated rings. The van der Waals surface area contributed by atoms with Gasteiger partial charge in [-0.05, 0) is 45.2 Å². The number of ether oxygens (including phenoxy) is 1. The second-order valence-corrected chi connectivity index (χ2v) is 6.16. The summed E-state index contributed by atoms with van der Waals surface area (Å²) in [6.07, 6.45) is -0.148. The fraction of sp³-hybridized carbons (Fsp3) is 0.529. The summed E-state index contributed by atoms with van der Waals surface area (Å²) in [6.45, 7) is 7.80. The van der Waals surface area contributed by atoms with Crippen LogP contribution in [0.1, 0.15) is 24.2 Å². The van der Waals surface area contributed by atoms with E-state index in [1.165, 1.54) is 0 Å². The van der Waals surface area contributed by atoms with Gasteiger partial charge in [0.2, 0.25) is 5.91 Å². The number of benzene rings is 1. The van der Waals surface area contributed by atoms with Crippen LogP contribution >= 0.6 is 0 Å². The lowest BCUT2D eigenvalue weighted by molar-refractivity contribution is -0.117. The van der Waals surface area contributed by atoms with Gasteiger partial charge in [0.1, 0.15) is 0 Å². The van der Waals surface area contributed by atoms with Gasteiger partial charge in [-0.1, -0.05) is 0 Å². The summed E-state index contributed by atoms with van der Waals surface area (Å²) >= 11 is 0. The quantitative estimate of drug-likeness (QED) is 0.832. The highest BCUT2D eigenvalue weighted by molar-refractivity contribution is 5.94. The highest BCUT2D eigenvalue weighted by Gasteiger charge is 2.16. The van der Waals surface area contributed by atoms with Gasteiger partial charge in [-0.2, -0.15) is 0 Å². The number of esters is 1. The average molecular weight is 319 g/mol. The van der Waals surface area contributed by atoms with Crippen molar-refractivity contribution in [2.45, 2.75) is 20.0 Å². The lowest BCUT2D eigenvalue weighted by Crippen LogP contribution is -2.47. The number of hydrogen-bond donors (Lipinski definition) is 1. The number of carbonyl (C=O) groups excluding carboxylic acids is 2. The normalized spacial score (nSPS) is 16.3. The Morgan fingerprint density at radius 3 is 2.30 bits per heavy atom. The zero-order chi connectivity index (χ0) is 16.8. The molecule has 6 heteroatoms. The Kier molecular flexibility index (Phi) is 6.12. The van der Waals surface area contributed by atoms with Crippen LogP contribution in [0.2, 0.25) is 0 Å². The molecule has 1 N–H and O–H groups in total. The number of likely N-dealkylation sites (N-methyl/N-ethyl adjacent to an activating group) is 1. The van der Waals surface area contributed by atoms with E-state index in [9.17, 15) is 9.59 Å². The van der Waals surface area contributed by atoms with Crippen LogP contribution in [0.3, 0.4) is 0 Å². The number of nitrogens with zero attached hydrogens (tertiary/aromatic N) is 2. The fourth-order valence-corrected chi connectivity index (χ4v) is 2.38. The monoisotopic (exact) mass is 319 g/mol. The third kappa shape index (κ3) is 5.65. The molecule has 1 saturated heterocycles. The van der Waals surface area contributed by atoms with Crippen molar-refractivity contribution in [1.82, 2.24) is 9.80 Å². The lowest BCUT2D eigenvalue weighted by Gasteiger charge is -2.31. The van der Waals surface area contributed by atoms with E-state index in [0.29, 0.717) is 17.8 Å². The third-order valence-corrected chi connectivity index (χ3v) is 3.71. The molecule has 0 radical (unpaired) electrons. The molecule has 1 aliphatic heterocycles. The zero-order valence-electron chi connectivity index (χ0n) is 14.0. The van der Waals surface area contributed by atoms with Gasteiger partial charge in [0.25, 0.3) is 0 Å². The van der Waals surface area contributed by atoms with Crippen molar-refractivity contribution in [3.05, 3.63) is 29.8 Å². The SMILES string of the molecule is CC(C)OC(=O)c1ccc(NC(=O)CN2CCN(C)CC2)cc1. The Bertz CT molecular complexity index is 535. The van der Waals surface area contributed by atoms with Gasteiger partial charge in [-0.15, -0.1) is 0 Å². The molecule has 0 bridgehead atoms. The molecule has 0 saturated carbocycles.